The molecule has 14 atom stereocenters. The van der Waals surface area contributed by atoms with E-state index < -0.39 is 34.6 Å². The highest BCUT2D eigenvalue weighted by Crippen LogP contribution is 2.79. The van der Waals surface area contributed by atoms with Crippen LogP contribution < -0.4 is 4.74 Å². The van der Waals surface area contributed by atoms with Gasteiger partial charge in [0.1, 0.15) is 11.9 Å². The quantitative estimate of drug-likeness (QED) is 0.407. The van der Waals surface area contributed by atoms with Gasteiger partial charge in [-0.05, 0) is 43.1 Å². The summed E-state index contributed by atoms with van der Waals surface area (Å²) >= 11 is 0. The molecule has 1 saturated heterocycles. The number of aliphatic hydroxyl groups is 2. The second-order valence-corrected chi connectivity index (χ2v) is 14.0. The number of hydrogen-bond acceptors (Lipinski definition) is 10. The predicted molar refractivity (Wildman–Crippen MR) is 155 cm³/mol. The van der Waals surface area contributed by atoms with E-state index >= 15 is 0 Å². The summed E-state index contributed by atoms with van der Waals surface area (Å²) in [6, 6.07) is 6.91. The van der Waals surface area contributed by atoms with Crippen LogP contribution in [0.15, 0.2) is 24.3 Å². The number of methoxy groups -OCH3 is 5. The van der Waals surface area contributed by atoms with Crippen LogP contribution in [0.5, 0.6) is 5.75 Å². The van der Waals surface area contributed by atoms with Crippen molar-refractivity contribution in [1.82, 2.24) is 4.90 Å². The topological polar surface area (TPSA) is 116 Å². The SMILES string of the molecule is CCN1C[C@]2(COC)C(O)CC(OC)[C@@]34[C@@H]5C[C@@H]6C(OC)C[C@@](O)([C@H]5C6OC(=O)c5ccc(OC)cc5)[C@@H](C(OC)[C@H]23)[C@@H]14. The van der Waals surface area contributed by atoms with Crippen LogP contribution in [0, 0.1) is 40.4 Å². The third-order valence-corrected chi connectivity index (χ3v) is 13.0. The molecule has 7 bridgehead atoms. The number of rotatable bonds is 9. The molecule has 10 nitrogen and oxygen atoms in total. The Bertz CT molecular complexity index is 1230. The minimum atomic E-state index is -1.21. The lowest BCUT2D eigenvalue weighted by atomic mass is 9.42. The van der Waals surface area contributed by atoms with E-state index in [0.29, 0.717) is 37.3 Å². The van der Waals surface area contributed by atoms with Crippen molar-refractivity contribution in [3.63, 3.8) is 0 Å². The molecular formula is C33H47NO9. The largest absolute Gasteiger partial charge is 0.497 e. The fourth-order valence-electron chi connectivity index (χ4n) is 12.0. The molecule has 10 heteroatoms. The number of hydrogen-bond donors (Lipinski definition) is 2. The Morgan fingerprint density at radius 3 is 2.35 bits per heavy atom. The molecule has 0 aromatic heterocycles. The highest BCUT2D eigenvalue weighted by atomic mass is 16.6. The van der Waals surface area contributed by atoms with Crippen molar-refractivity contribution in [3.8, 4) is 5.75 Å². The Hall–Kier alpha value is -1.79. The second kappa shape index (κ2) is 10.4. The highest BCUT2D eigenvalue weighted by molar-refractivity contribution is 5.89. The van der Waals surface area contributed by atoms with E-state index in [1.54, 1.807) is 59.8 Å². The third-order valence-electron chi connectivity index (χ3n) is 13.0. The van der Waals surface area contributed by atoms with Crippen molar-refractivity contribution >= 4 is 5.97 Å². The van der Waals surface area contributed by atoms with Gasteiger partial charge in [-0.3, -0.25) is 4.90 Å². The number of nitrogens with zero attached hydrogens (tertiary/aromatic N) is 1. The predicted octanol–water partition coefficient (Wildman–Crippen LogP) is 2.00. The third kappa shape index (κ3) is 3.57. The first-order valence-electron chi connectivity index (χ1n) is 15.8. The molecule has 6 aliphatic rings. The normalized spacial score (nSPS) is 49.2. The summed E-state index contributed by atoms with van der Waals surface area (Å²) in [5.74, 6) is -0.573. The van der Waals surface area contributed by atoms with E-state index in [-0.39, 0.29) is 53.9 Å². The van der Waals surface area contributed by atoms with E-state index in [2.05, 4.69) is 11.8 Å². The van der Waals surface area contributed by atoms with Gasteiger partial charge in [-0.15, -0.1) is 0 Å². The van der Waals surface area contributed by atoms with Crippen LogP contribution >= 0.6 is 0 Å². The first kappa shape index (κ1) is 29.9. The van der Waals surface area contributed by atoms with Gasteiger partial charge in [0.2, 0.25) is 0 Å². The summed E-state index contributed by atoms with van der Waals surface area (Å²) in [7, 11) is 8.47. The molecule has 2 N–H and O–H groups in total. The number of fused-ring (bicyclic) bond motifs is 2. The maximum Gasteiger partial charge on any atom is 0.338 e. The van der Waals surface area contributed by atoms with Crippen LogP contribution in [-0.4, -0.2) is 118 Å². The van der Waals surface area contributed by atoms with E-state index in [0.717, 1.165) is 13.0 Å². The average molecular weight is 602 g/mol. The molecular weight excluding hydrogens is 554 g/mol. The number of aliphatic hydroxyl groups excluding tert-OH is 1. The van der Waals surface area contributed by atoms with Crippen molar-refractivity contribution in [1.29, 1.82) is 0 Å². The zero-order valence-corrected chi connectivity index (χ0v) is 26.1. The maximum atomic E-state index is 13.7. The summed E-state index contributed by atoms with van der Waals surface area (Å²) in [6.07, 6.45) is -0.383. The molecule has 0 amide bonds. The highest BCUT2D eigenvalue weighted by Gasteiger charge is 2.87. The van der Waals surface area contributed by atoms with Gasteiger partial charge in [-0.25, -0.2) is 4.79 Å². The van der Waals surface area contributed by atoms with Crippen molar-refractivity contribution in [2.75, 3.05) is 55.2 Å². The lowest BCUT2D eigenvalue weighted by Crippen LogP contribution is -2.78. The maximum absolute atomic E-state index is 13.7. The van der Waals surface area contributed by atoms with Gasteiger partial charge >= 0.3 is 5.97 Å². The second-order valence-electron chi connectivity index (χ2n) is 14.0. The first-order chi connectivity index (χ1) is 20.7. The summed E-state index contributed by atoms with van der Waals surface area (Å²) in [4.78, 5) is 16.1. The first-order valence-corrected chi connectivity index (χ1v) is 15.8. The standard InChI is InChI=1S/C33H47NO9/c1-7-34-15-31(16-38-2)22(35)13-23(41-5)33-20-12-19-21(40-4)14-32(37,25(29(33)34)27(42-6)28(31)33)24(20)26(19)43-30(36)17-8-10-18(39-3)11-9-17/h8-11,19-29,35,37H,7,12-16H2,1-6H3/t19-,20-,21?,22?,23?,24-,25+,26?,27?,28-,29-,31+,32-,33+/m1/s1. The van der Waals surface area contributed by atoms with Gasteiger partial charge in [0.15, 0.2) is 0 Å². The van der Waals surface area contributed by atoms with E-state index in [1.807, 2.05) is 0 Å². The Kier molecular flexibility index (Phi) is 7.21. The molecule has 1 aliphatic heterocycles. The molecule has 1 heterocycles. The minimum Gasteiger partial charge on any atom is -0.497 e. The van der Waals surface area contributed by atoms with Crippen molar-refractivity contribution < 1.29 is 43.4 Å². The minimum absolute atomic E-state index is 0.0200. The fraction of sp³-hybridized carbons (Fsp3) is 0.788. The molecule has 1 aromatic rings. The van der Waals surface area contributed by atoms with Gasteiger partial charge in [0, 0.05) is 88.4 Å². The molecule has 1 spiro atoms. The van der Waals surface area contributed by atoms with Crippen LogP contribution in [0.25, 0.3) is 0 Å². The van der Waals surface area contributed by atoms with Crippen LogP contribution in [-0.2, 0) is 23.7 Å². The number of likely N-dealkylation sites (tertiary alicyclic amines) is 1. The van der Waals surface area contributed by atoms with Gasteiger partial charge in [0.25, 0.3) is 0 Å². The van der Waals surface area contributed by atoms with Crippen LogP contribution in [0.1, 0.15) is 36.5 Å². The Balaban J connectivity index is 1.39. The zero-order valence-electron chi connectivity index (χ0n) is 26.1. The summed E-state index contributed by atoms with van der Waals surface area (Å²) in [6.45, 7) is 3.98. The summed E-state index contributed by atoms with van der Waals surface area (Å²) in [5.41, 5.74) is -1.80. The van der Waals surface area contributed by atoms with Crippen LogP contribution in [0.2, 0.25) is 0 Å². The molecule has 43 heavy (non-hydrogen) atoms. The van der Waals surface area contributed by atoms with Gasteiger partial charge < -0.3 is 38.6 Å². The number of ether oxygens (including phenoxy) is 6. The molecule has 1 aromatic carbocycles. The lowest BCUT2D eigenvalue weighted by Gasteiger charge is -2.70. The summed E-state index contributed by atoms with van der Waals surface area (Å²) < 4.78 is 36.6. The molecule has 5 saturated carbocycles. The molecule has 6 fully saturated rings. The number of esters is 1. The van der Waals surface area contributed by atoms with E-state index in [1.165, 1.54) is 0 Å². The number of piperidine rings is 1. The Labute approximate surface area is 253 Å². The molecule has 7 rings (SSSR count). The van der Waals surface area contributed by atoms with Crippen molar-refractivity contribution in [2.24, 2.45) is 40.4 Å². The van der Waals surface area contributed by atoms with Crippen molar-refractivity contribution in [3.05, 3.63) is 29.8 Å². The van der Waals surface area contributed by atoms with Crippen molar-refractivity contribution in [2.45, 2.75) is 68.3 Å². The average Bonchev–Trinajstić information content (AvgIpc) is 3.45. The van der Waals surface area contributed by atoms with Crippen LogP contribution in [0.4, 0.5) is 0 Å². The number of carbonyl (C=O) groups is 1. The van der Waals surface area contributed by atoms with E-state index in [4.69, 9.17) is 28.4 Å². The monoisotopic (exact) mass is 601 g/mol. The fourth-order valence-corrected chi connectivity index (χ4v) is 12.0. The van der Waals surface area contributed by atoms with Gasteiger partial charge in [-0.2, -0.15) is 0 Å². The number of benzene rings is 1. The molecule has 5 aliphatic carbocycles. The Morgan fingerprint density at radius 2 is 1.74 bits per heavy atom. The van der Waals surface area contributed by atoms with Gasteiger partial charge in [-0.1, -0.05) is 6.92 Å². The Morgan fingerprint density at radius 1 is 1.00 bits per heavy atom. The number of carbonyl (C=O) groups excluding carboxylic acids is 1. The lowest BCUT2D eigenvalue weighted by molar-refractivity contribution is -0.295. The van der Waals surface area contributed by atoms with Crippen LogP contribution in [0.3, 0.4) is 0 Å². The van der Waals surface area contributed by atoms with Gasteiger partial charge in [0.05, 0.1) is 49.3 Å². The molecule has 238 valence electrons. The van der Waals surface area contributed by atoms with E-state index in [9.17, 15) is 15.0 Å². The molecule has 0 radical (unpaired) electrons. The summed E-state index contributed by atoms with van der Waals surface area (Å²) in [5, 5.41) is 25.1. The molecule has 5 unspecified atom stereocenters. The zero-order chi connectivity index (χ0) is 30.5. The smallest absolute Gasteiger partial charge is 0.338 e.